The van der Waals surface area contributed by atoms with Gasteiger partial charge in [0.2, 0.25) is 0 Å². The zero-order valence-electron chi connectivity index (χ0n) is 55.4. The fourth-order valence-electron chi connectivity index (χ4n) is 10.6. The lowest BCUT2D eigenvalue weighted by Gasteiger charge is -2.40. The first-order chi connectivity index (χ1) is 44.1. The Bertz CT molecular complexity index is 3680. The highest BCUT2D eigenvalue weighted by molar-refractivity contribution is 6.44. The van der Waals surface area contributed by atoms with E-state index in [4.69, 9.17) is 54.9 Å². The van der Waals surface area contributed by atoms with Crippen molar-refractivity contribution in [3.63, 3.8) is 0 Å². The number of aromatic nitrogens is 10. The lowest BCUT2D eigenvalue weighted by Crippen LogP contribution is -2.43. The number of hydrogen-bond acceptors (Lipinski definition) is 22. The summed E-state index contributed by atoms with van der Waals surface area (Å²) in [6.45, 7) is 23.2. The number of Topliss-reactive ketones (excluding diaryl/α,β-unsaturated/α-hetero) is 3. The van der Waals surface area contributed by atoms with Gasteiger partial charge in [-0.1, -0.05) is 12.2 Å². The quantitative estimate of drug-likeness (QED) is 0.0532. The van der Waals surface area contributed by atoms with Gasteiger partial charge in [-0.25, -0.2) is 9.59 Å². The van der Waals surface area contributed by atoms with Crippen molar-refractivity contribution in [2.45, 2.75) is 137 Å². The third-order valence-corrected chi connectivity index (χ3v) is 15.7. The summed E-state index contributed by atoms with van der Waals surface area (Å²) in [5.74, 6) is -0.544. The number of carbonyl (C=O) groups excluding carboxylic acids is 5. The monoisotopic (exact) mass is 1280 g/mol. The minimum Gasteiger partial charge on any atom is -0.498 e. The van der Waals surface area contributed by atoms with Crippen molar-refractivity contribution in [2.24, 2.45) is 51.1 Å². The molecule has 2 N–H and O–H groups in total. The molecule has 5 aliphatic rings. The van der Waals surface area contributed by atoms with E-state index in [0.717, 1.165) is 57.4 Å². The Kier molecular flexibility index (Phi) is 28.6. The number of fused-ring (bicyclic) bond motifs is 2. The van der Waals surface area contributed by atoms with Gasteiger partial charge in [-0.3, -0.25) is 42.8 Å². The maximum Gasteiger partial charge on any atom is 0.356 e. The number of carbonyl (C=O) groups is 5. The van der Waals surface area contributed by atoms with Gasteiger partial charge in [0.15, 0.2) is 23.1 Å². The zero-order valence-corrected chi connectivity index (χ0v) is 55.4. The van der Waals surface area contributed by atoms with E-state index >= 15 is 0 Å². The van der Waals surface area contributed by atoms with Crippen molar-refractivity contribution in [1.82, 2.24) is 48.9 Å². The van der Waals surface area contributed by atoms with Gasteiger partial charge in [-0.05, 0) is 98.1 Å². The minimum atomic E-state index is -0.608. The highest BCUT2D eigenvalue weighted by atomic mass is 16.7. The number of esters is 2. The molecule has 496 valence electrons. The molecule has 5 aromatic heterocycles. The Morgan fingerprint density at radius 2 is 1.13 bits per heavy atom. The van der Waals surface area contributed by atoms with Gasteiger partial charge in [0.25, 0.3) is 0 Å². The third kappa shape index (κ3) is 19.9. The summed E-state index contributed by atoms with van der Waals surface area (Å²) in [6, 6.07) is 15.8. The molecule has 3 fully saturated rings. The smallest absolute Gasteiger partial charge is 0.356 e. The average molecular weight is 1280 g/mol. The molecule has 2 aliphatic carbocycles. The summed E-state index contributed by atoms with van der Waals surface area (Å²) in [5, 5.41) is 72.7. The number of aliphatic hydroxyl groups is 2. The van der Waals surface area contributed by atoms with E-state index in [-0.39, 0.29) is 52.8 Å². The van der Waals surface area contributed by atoms with Gasteiger partial charge in [0, 0.05) is 104 Å². The first kappa shape index (κ1) is 75.7. The van der Waals surface area contributed by atoms with Crippen LogP contribution >= 0.6 is 0 Å². The number of nitrogens with zero attached hydrogens (tertiary/aromatic N) is 15. The number of allylic oxidation sites excluding steroid dienone is 5. The maximum atomic E-state index is 11.3. The molecule has 2 saturated heterocycles. The summed E-state index contributed by atoms with van der Waals surface area (Å²) >= 11 is 0. The van der Waals surface area contributed by atoms with Gasteiger partial charge in [0.1, 0.15) is 76.0 Å². The fraction of sp³-hybridized carbons (Fsp3) is 0.500. The molecule has 27 heteroatoms. The van der Waals surface area contributed by atoms with Gasteiger partial charge >= 0.3 is 11.9 Å². The van der Waals surface area contributed by atoms with E-state index in [2.05, 4.69) is 55.8 Å². The molecular formula is C66H85N15O12. The number of aliphatic hydroxyl groups excluding tert-OH is 2. The molecule has 10 rings (SSSR count). The molecule has 6 atom stereocenters. The second-order valence-electron chi connectivity index (χ2n) is 22.3. The standard InChI is InChI=1S/C17H23N3O2.C10H14O.C9H12N2O3.C9H11NO3.2C7H9N3O.C7H7N3O/c1-4-6-16-7-5-8-17(16,21-10-9-16)22-13(2)15-11-14(12-18)20(3)19-15;1-2-5-10-6-3-4-9(10)11-8-7-10;1-4-14-9(13)8-5-7(6(2)12)10-11(8)3;1-3-13-9(12)7-4-8(6(2)11)10-5-7;3*1-5(11)7-3-6(4-8)10(2)9-7/h4,11,13H,1,5-10H2,2-3H3;2,4H,1,3,5-8H2;5H,4H2,1-3H3;4H,3,5H2,1-2H3;2*3,5,11H,1-2H3;3H,1-2H3/t13?,16-,17+;10-;;;;;/m00...../s1. The molecule has 0 radical (unpaired) electrons. The molecule has 3 unspecified atom stereocenters. The number of nitriles is 4. The van der Waals surface area contributed by atoms with E-state index in [0.29, 0.717) is 69.8 Å². The largest absolute Gasteiger partial charge is 0.498 e. The summed E-state index contributed by atoms with van der Waals surface area (Å²) in [6.07, 6.45) is 16.2. The van der Waals surface area contributed by atoms with E-state index < -0.39 is 24.0 Å². The molecule has 0 amide bonds. The van der Waals surface area contributed by atoms with Gasteiger partial charge < -0.3 is 33.9 Å². The number of hydrogen-bond donors (Lipinski definition) is 2. The Morgan fingerprint density at radius 1 is 0.634 bits per heavy atom. The van der Waals surface area contributed by atoms with E-state index in [1.807, 2.05) is 37.3 Å². The molecule has 0 bridgehead atoms. The number of rotatable bonds is 16. The van der Waals surface area contributed by atoms with Crippen LogP contribution in [-0.2, 0) is 68.5 Å². The molecule has 93 heavy (non-hydrogen) atoms. The highest BCUT2D eigenvalue weighted by Crippen LogP contribution is 2.59. The Morgan fingerprint density at radius 3 is 1.57 bits per heavy atom. The van der Waals surface area contributed by atoms with Crippen molar-refractivity contribution in [3.05, 3.63) is 136 Å². The van der Waals surface area contributed by atoms with E-state index in [9.17, 15) is 24.0 Å². The van der Waals surface area contributed by atoms with Crippen LogP contribution in [0.4, 0.5) is 0 Å². The Hall–Kier alpha value is -9.77. The third-order valence-electron chi connectivity index (χ3n) is 15.7. The predicted octanol–water partition coefficient (Wildman–Crippen LogP) is 8.38. The lowest BCUT2D eigenvalue weighted by molar-refractivity contribution is -0.268. The fourth-order valence-corrected chi connectivity index (χ4v) is 10.6. The second-order valence-corrected chi connectivity index (χ2v) is 22.3. The van der Waals surface area contributed by atoms with E-state index in [1.54, 1.807) is 85.8 Å². The minimum absolute atomic E-state index is 0.0514. The first-order valence-corrected chi connectivity index (χ1v) is 30.2. The average Bonchev–Trinajstić information content (AvgIpc) is 1.59. The van der Waals surface area contributed by atoms with Gasteiger partial charge in [-0.15, -0.1) is 13.2 Å². The van der Waals surface area contributed by atoms with Crippen LogP contribution in [0.25, 0.3) is 0 Å². The molecular weight excluding hydrogens is 1190 g/mol. The van der Waals surface area contributed by atoms with Crippen molar-refractivity contribution in [1.29, 1.82) is 21.0 Å². The van der Waals surface area contributed by atoms with Crippen LogP contribution in [-0.4, -0.2) is 133 Å². The number of aryl methyl sites for hydroxylation is 5. The normalized spacial score (nSPS) is 19.2. The topological polar surface area (TPSA) is 369 Å². The lowest BCUT2D eigenvalue weighted by atomic mass is 9.77. The number of ether oxygens (including phenoxy) is 5. The Labute approximate surface area is 542 Å². The van der Waals surface area contributed by atoms with Crippen molar-refractivity contribution >= 4 is 35.0 Å². The molecule has 27 nitrogen and oxygen atoms in total. The summed E-state index contributed by atoms with van der Waals surface area (Å²) < 4.78 is 34.8. The first-order valence-electron chi connectivity index (χ1n) is 30.2. The van der Waals surface area contributed by atoms with Crippen LogP contribution in [0.2, 0.25) is 0 Å². The van der Waals surface area contributed by atoms with Gasteiger partial charge in [0.05, 0.1) is 73.6 Å². The van der Waals surface area contributed by atoms with Crippen LogP contribution in [0.5, 0.6) is 0 Å². The number of aliphatic imine (C=N–C) groups is 1. The van der Waals surface area contributed by atoms with Crippen LogP contribution < -0.4 is 0 Å². The van der Waals surface area contributed by atoms with Crippen molar-refractivity contribution in [2.75, 3.05) is 33.0 Å². The maximum absolute atomic E-state index is 11.3. The van der Waals surface area contributed by atoms with Crippen molar-refractivity contribution in [3.8, 4) is 24.3 Å². The summed E-state index contributed by atoms with van der Waals surface area (Å²) in [5.41, 5.74) is 5.83. The second kappa shape index (κ2) is 35.2. The molecule has 8 heterocycles. The zero-order chi connectivity index (χ0) is 69.4. The van der Waals surface area contributed by atoms with Crippen LogP contribution in [0.15, 0.2) is 84.1 Å². The molecule has 5 aromatic rings. The van der Waals surface area contributed by atoms with E-state index in [1.165, 1.54) is 82.7 Å². The van der Waals surface area contributed by atoms with Crippen LogP contribution in [0.1, 0.15) is 203 Å². The highest BCUT2D eigenvalue weighted by Gasteiger charge is 2.60. The molecule has 0 spiro atoms. The Balaban J connectivity index is 0.000000235. The predicted molar refractivity (Wildman–Crippen MR) is 339 cm³/mol. The molecule has 0 aromatic carbocycles. The van der Waals surface area contributed by atoms with Gasteiger partial charge in [-0.2, -0.15) is 46.5 Å². The number of ketones is 3. The van der Waals surface area contributed by atoms with Crippen molar-refractivity contribution < 1.29 is 57.9 Å². The SMILES string of the molecule is C=CC[C@@]12CCC=C1OCC2.C=CC[C@@]12CCC[C@]1(OC(C)c1cc(C#N)n(C)n1)OCC2.CC(=O)c1cc(C#N)n(C)n1.CC(O)c1cc(C#N)n(C)n1.CC(O)c1cc(C#N)n(C)n1.CCOC(=O)C1=CC(C(C)=O)=NC1.CCOC(=O)c1cc(C(C)=O)nn1C. The van der Waals surface area contributed by atoms with Crippen LogP contribution in [0, 0.1) is 56.2 Å². The summed E-state index contributed by atoms with van der Waals surface area (Å²) in [4.78, 5) is 58.9. The van der Waals surface area contributed by atoms with Crippen LogP contribution in [0.3, 0.4) is 0 Å². The molecule has 1 saturated carbocycles. The summed E-state index contributed by atoms with van der Waals surface area (Å²) in [7, 11) is 8.34. The molecule has 3 aliphatic heterocycles.